The smallest absolute Gasteiger partial charge is 0.315 e. The van der Waals surface area contributed by atoms with Crippen molar-refractivity contribution < 1.29 is 9.53 Å². The second-order valence-corrected chi connectivity index (χ2v) is 5.12. The van der Waals surface area contributed by atoms with Crippen molar-refractivity contribution in [3.05, 3.63) is 16.1 Å². The summed E-state index contributed by atoms with van der Waals surface area (Å²) in [6.07, 6.45) is 1.03. The first-order chi connectivity index (χ1) is 8.24. The Morgan fingerprint density at radius 2 is 2.53 bits per heavy atom. The molecule has 0 spiro atoms. The van der Waals surface area contributed by atoms with Crippen LogP contribution >= 0.6 is 11.3 Å². The fourth-order valence-corrected chi connectivity index (χ4v) is 2.40. The lowest BCUT2D eigenvalue weighted by Crippen LogP contribution is -2.38. The minimum absolute atomic E-state index is 0.134. The topological polar surface area (TPSA) is 63.2 Å². The average molecular weight is 255 g/mol. The minimum Gasteiger partial charge on any atom is -0.381 e. The van der Waals surface area contributed by atoms with Crippen LogP contribution in [-0.4, -0.2) is 30.8 Å². The van der Waals surface area contributed by atoms with Crippen LogP contribution in [0.15, 0.2) is 5.38 Å². The maximum atomic E-state index is 11.5. The summed E-state index contributed by atoms with van der Waals surface area (Å²) in [4.78, 5) is 15.8. The van der Waals surface area contributed by atoms with Gasteiger partial charge >= 0.3 is 6.03 Å². The van der Waals surface area contributed by atoms with Crippen LogP contribution in [0, 0.1) is 12.8 Å². The molecule has 94 valence electrons. The second-order valence-electron chi connectivity index (χ2n) is 4.18. The predicted molar refractivity (Wildman–Crippen MR) is 66.0 cm³/mol. The van der Waals surface area contributed by atoms with Crippen LogP contribution in [0.4, 0.5) is 4.79 Å². The van der Waals surface area contributed by atoms with Gasteiger partial charge < -0.3 is 15.4 Å². The van der Waals surface area contributed by atoms with Crippen molar-refractivity contribution >= 4 is 17.4 Å². The van der Waals surface area contributed by atoms with Crippen LogP contribution in [-0.2, 0) is 11.3 Å². The number of hydrogen-bond donors (Lipinski definition) is 2. The number of hydrogen-bond acceptors (Lipinski definition) is 4. The van der Waals surface area contributed by atoms with Gasteiger partial charge in [0.15, 0.2) is 0 Å². The van der Waals surface area contributed by atoms with Gasteiger partial charge in [-0.25, -0.2) is 9.78 Å². The highest BCUT2D eigenvalue weighted by molar-refractivity contribution is 7.09. The Bertz CT molecular complexity index is 375. The van der Waals surface area contributed by atoms with Gasteiger partial charge in [0.25, 0.3) is 0 Å². The summed E-state index contributed by atoms with van der Waals surface area (Å²) < 4.78 is 5.24. The third-order valence-electron chi connectivity index (χ3n) is 2.64. The first-order valence-electron chi connectivity index (χ1n) is 5.74. The Balaban J connectivity index is 1.63. The summed E-state index contributed by atoms with van der Waals surface area (Å²) in [5.74, 6) is 0.461. The molecule has 0 radical (unpaired) electrons. The van der Waals surface area contributed by atoms with E-state index in [2.05, 4.69) is 15.6 Å². The largest absolute Gasteiger partial charge is 0.381 e. The number of nitrogens with zero attached hydrogens (tertiary/aromatic N) is 1. The lowest BCUT2D eigenvalue weighted by atomic mass is 10.1. The molecule has 6 heteroatoms. The number of nitrogens with one attached hydrogen (secondary N) is 2. The van der Waals surface area contributed by atoms with Crippen molar-refractivity contribution in [2.45, 2.75) is 19.9 Å². The number of rotatable bonds is 4. The van der Waals surface area contributed by atoms with Crippen molar-refractivity contribution in [2.75, 3.05) is 19.8 Å². The SMILES string of the molecule is Cc1csc(CNC(=O)NCC2CCOC2)n1. The van der Waals surface area contributed by atoms with Crippen LogP contribution in [0.3, 0.4) is 0 Å². The lowest BCUT2D eigenvalue weighted by molar-refractivity contribution is 0.185. The Kier molecular flexibility index (Phi) is 4.33. The molecule has 0 aliphatic carbocycles. The summed E-state index contributed by atoms with van der Waals surface area (Å²) in [6.45, 7) is 4.69. The lowest BCUT2D eigenvalue weighted by Gasteiger charge is -2.09. The third kappa shape index (κ3) is 3.98. The maximum Gasteiger partial charge on any atom is 0.315 e. The van der Waals surface area contributed by atoms with Gasteiger partial charge in [0, 0.05) is 30.1 Å². The molecule has 0 bridgehead atoms. The fourth-order valence-electron chi connectivity index (χ4n) is 1.68. The number of aryl methyl sites for hydroxylation is 1. The number of carbonyl (C=O) groups excluding carboxylic acids is 1. The molecule has 2 N–H and O–H groups in total. The monoisotopic (exact) mass is 255 g/mol. The Morgan fingerprint density at radius 3 is 3.18 bits per heavy atom. The Hall–Kier alpha value is -1.14. The average Bonchev–Trinajstić information content (AvgIpc) is 2.95. The Labute approximate surface area is 105 Å². The van der Waals surface area contributed by atoms with Crippen molar-refractivity contribution in [3.63, 3.8) is 0 Å². The number of ether oxygens (including phenoxy) is 1. The van der Waals surface area contributed by atoms with Gasteiger partial charge in [-0.1, -0.05) is 0 Å². The normalized spacial score (nSPS) is 19.2. The zero-order valence-corrected chi connectivity index (χ0v) is 10.7. The molecule has 1 aliphatic rings. The number of urea groups is 1. The molecule has 1 fully saturated rings. The van der Waals surface area contributed by atoms with E-state index in [0.717, 1.165) is 30.3 Å². The van der Waals surface area contributed by atoms with E-state index in [-0.39, 0.29) is 6.03 Å². The first-order valence-corrected chi connectivity index (χ1v) is 6.62. The molecule has 0 aromatic carbocycles. The van der Waals surface area contributed by atoms with Crippen LogP contribution in [0.5, 0.6) is 0 Å². The van der Waals surface area contributed by atoms with Crippen molar-refractivity contribution in [3.8, 4) is 0 Å². The van der Waals surface area contributed by atoms with Gasteiger partial charge in [0.05, 0.1) is 13.2 Å². The molecule has 0 saturated carbocycles. The van der Waals surface area contributed by atoms with E-state index in [9.17, 15) is 4.79 Å². The van der Waals surface area contributed by atoms with Crippen LogP contribution < -0.4 is 10.6 Å². The van der Waals surface area contributed by atoms with E-state index in [1.165, 1.54) is 0 Å². The van der Waals surface area contributed by atoms with Crippen molar-refractivity contribution in [1.82, 2.24) is 15.6 Å². The highest BCUT2D eigenvalue weighted by atomic mass is 32.1. The summed E-state index contributed by atoms with van der Waals surface area (Å²) in [7, 11) is 0. The Morgan fingerprint density at radius 1 is 1.65 bits per heavy atom. The van der Waals surface area contributed by atoms with Crippen molar-refractivity contribution in [1.29, 1.82) is 0 Å². The van der Waals surface area contributed by atoms with E-state index in [0.29, 0.717) is 19.0 Å². The van der Waals surface area contributed by atoms with E-state index in [1.54, 1.807) is 11.3 Å². The first kappa shape index (κ1) is 12.3. The number of carbonyl (C=O) groups is 1. The van der Waals surface area contributed by atoms with Gasteiger partial charge in [-0.3, -0.25) is 0 Å². The van der Waals surface area contributed by atoms with Gasteiger partial charge in [0.1, 0.15) is 5.01 Å². The molecule has 1 aliphatic heterocycles. The van der Waals surface area contributed by atoms with Crippen molar-refractivity contribution in [2.24, 2.45) is 5.92 Å². The van der Waals surface area contributed by atoms with E-state index in [4.69, 9.17) is 4.74 Å². The van der Waals surface area contributed by atoms with Gasteiger partial charge in [-0.15, -0.1) is 11.3 Å². The highest BCUT2D eigenvalue weighted by Gasteiger charge is 2.16. The highest BCUT2D eigenvalue weighted by Crippen LogP contribution is 2.10. The van der Waals surface area contributed by atoms with Crippen LogP contribution in [0.1, 0.15) is 17.1 Å². The molecule has 17 heavy (non-hydrogen) atoms. The molecule has 2 rings (SSSR count). The molecule has 1 atom stereocenters. The van der Waals surface area contributed by atoms with E-state index in [1.807, 2.05) is 12.3 Å². The van der Waals surface area contributed by atoms with E-state index >= 15 is 0 Å². The van der Waals surface area contributed by atoms with Gasteiger partial charge in [-0.05, 0) is 13.3 Å². The number of aromatic nitrogens is 1. The molecule has 1 aromatic heterocycles. The molecule has 1 saturated heterocycles. The molecule has 1 aromatic rings. The molecule has 5 nitrogen and oxygen atoms in total. The van der Waals surface area contributed by atoms with Crippen LogP contribution in [0.2, 0.25) is 0 Å². The summed E-state index contributed by atoms with van der Waals surface area (Å²) >= 11 is 1.56. The molecular weight excluding hydrogens is 238 g/mol. The van der Waals surface area contributed by atoms with E-state index < -0.39 is 0 Å². The fraction of sp³-hybridized carbons (Fsp3) is 0.636. The molecular formula is C11H17N3O2S. The standard InChI is InChI=1S/C11H17N3O2S/c1-8-7-17-10(14-8)5-13-11(15)12-4-9-2-3-16-6-9/h7,9H,2-6H2,1H3,(H2,12,13,15). The predicted octanol–water partition coefficient (Wildman–Crippen LogP) is 1.29. The molecule has 1 unspecified atom stereocenters. The quantitative estimate of drug-likeness (QED) is 0.852. The summed E-state index contributed by atoms with van der Waals surface area (Å²) in [6, 6.07) is -0.134. The van der Waals surface area contributed by atoms with Crippen LogP contribution in [0.25, 0.3) is 0 Å². The molecule has 2 amide bonds. The maximum absolute atomic E-state index is 11.5. The summed E-state index contributed by atoms with van der Waals surface area (Å²) in [5.41, 5.74) is 0.996. The zero-order valence-electron chi connectivity index (χ0n) is 9.86. The number of thiazole rings is 1. The van der Waals surface area contributed by atoms with Gasteiger partial charge in [-0.2, -0.15) is 0 Å². The van der Waals surface area contributed by atoms with Gasteiger partial charge in [0.2, 0.25) is 0 Å². The zero-order chi connectivity index (χ0) is 12.1. The minimum atomic E-state index is -0.134. The second kappa shape index (κ2) is 5.97. The third-order valence-corrected chi connectivity index (χ3v) is 3.61. The number of amides is 2. The summed E-state index contributed by atoms with van der Waals surface area (Å²) in [5, 5.41) is 8.55. The molecule has 2 heterocycles.